The third-order valence-corrected chi connectivity index (χ3v) is 5.53. The summed E-state index contributed by atoms with van der Waals surface area (Å²) in [6.07, 6.45) is 1.99. The van der Waals surface area contributed by atoms with Gasteiger partial charge in [-0.3, -0.25) is 0 Å². The molecule has 0 aliphatic heterocycles. The fraction of sp³-hybridized carbons (Fsp3) is 0.472. The first-order valence-corrected chi connectivity index (χ1v) is 12.2. The van der Waals surface area contributed by atoms with Crippen molar-refractivity contribution in [2.24, 2.45) is 0 Å². The van der Waals surface area contributed by atoms with Gasteiger partial charge in [0.05, 0.1) is 16.7 Å². The van der Waals surface area contributed by atoms with Crippen molar-refractivity contribution in [3.63, 3.8) is 0 Å². The van der Waals surface area contributed by atoms with Gasteiger partial charge in [-0.15, -0.1) is 0 Å². The third-order valence-electron chi connectivity index (χ3n) is 5.53. The second-order valence-corrected chi connectivity index (χ2v) is 9.20. The van der Waals surface area contributed by atoms with Crippen LogP contribution in [0.5, 0.6) is 0 Å². The Morgan fingerprint density at radius 2 is 1.00 bits per heavy atom. The molecule has 4 heteroatoms. The summed E-state index contributed by atoms with van der Waals surface area (Å²) < 4.78 is 13.5. The van der Waals surface area contributed by atoms with E-state index in [0.717, 1.165) is 37.0 Å². The van der Waals surface area contributed by atoms with Crippen molar-refractivity contribution in [3.8, 4) is 0 Å². The monoisotopic (exact) mass is 557 g/mol. The molecule has 4 aromatic rings. The van der Waals surface area contributed by atoms with E-state index < -0.39 is 0 Å². The number of nitrogens with zero attached hydrogens (tertiary/aromatic N) is 4. The van der Waals surface area contributed by atoms with Gasteiger partial charge in [0, 0.05) is 26.2 Å². The Labute approximate surface area is 252 Å². The van der Waals surface area contributed by atoms with E-state index >= 15 is 0 Å². The Hall–Kier alpha value is -2.95. The molecule has 4 rings (SSSR count). The summed E-state index contributed by atoms with van der Waals surface area (Å²) in [5, 5.41) is 2.35. The van der Waals surface area contributed by atoms with Crippen LogP contribution >= 0.6 is 0 Å². The minimum atomic E-state index is 0. The van der Waals surface area contributed by atoms with Crippen molar-refractivity contribution in [3.05, 3.63) is 78.4 Å². The van der Waals surface area contributed by atoms with E-state index in [-0.39, 0.29) is 37.1 Å². The molecule has 0 unspecified atom stereocenters. The lowest BCUT2D eigenvalue weighted by molar-refractivity contribution is 0.408. The highest BCUT2D eigenvalue weighted by Gasteiger charge is 2.13. The molecule has 0 N–H and O–H groups in total. The molecule has 0 aliphatic rings. The zero-order chi connectivity index (χ0) is 27.2. The Kier molecular flexibility index (Phi) is 22.4. The molecule has 0 saturated carbocycles. The SMILES string of the molecule is C.C.C.C.C.Cc1ccc(N(C)c2c3ccccc3nc3ccccc23)cc1.[3H]CCCN(C)C.[3H]CCCN(C)C. The third kappa shape index (κ3) is 13.4. The average Bonchev–Trinajstić information content (AvgIpc) is 2.90. The predicted molar refractivity (Wildman–Crippen MR) is 190 cm³/mol. The van der Waals surface area contributed by atoms with Gasteiger partial charge in [0.2, 0.25) is 0 Å². The van der Waals surface area contributed by atoms with E-state index in [4.69, 9.17) is 7.73 Å². The first kappa shape index (κ1) is 39.2. The summed E-state index contributed by atoms with van der Waals surface area (Å²) >= 11 is 0. The quantitative estimate of drug-likeness (QED) is 0.220. The molecule has 1 heterocycles. The number of aryl methyl sites for hydroxylation is 1. The summed E-state index contributed by atoms with van der Waals surface area (Å²) in [5.74, 6) is 0. The Bertz CT molecular complexity index is 1130. The van der Waals surface area contributed by atoms with Crippen molar-refractivity contribution < 1.29 is 2.74 Å². The number of hydrogen-bond donors (Lipinski definition) is 0. The number of pyridine rings is 1. The molecule has 0 aliphatic carbocycles. The molecule has 0 atom stereocenters. The van der Waals surface area contributed by atoms with E-state index in [1.807, 2.05) is 40.3 Å². The molecular formula is C36H64N4. The van der Waals surface area contributed by atoms with Crippen LogP contribution in [0, 0.1) is 6.92 Å². The Morgan fingerprint density at radius 1 is 0.600 bits per heavy atom. The molecule has 0 spiro atoms. The number of rotatable bonds is 6. The van der Waals surface area contributed by atoms with Crippen LogP contribution in [0.1, 0.15) is 72.1 Å². The molecular weight excluding hydrogens is 488 g/mol. The maximum Gasteiger partial charge on any atom is 0.0730 e. The first-order chi connectivity index (χ1) is 17.8. The van der Waals surface area contributed by atoms with Crippen LogP contribution in [-0.4, -0.2) is 63.1 Å². The molecule has 3 aromatic carbocycles. The van der Waals surface area contributed by atoms with Gasteiger partial charge in [-0.1, -0.05) is 105 Å². The van der Waals surface area contributed by atoms with E-state index in [1.165, 1.54) is 27.7 Å². The van der Waals surface area contributed by atoms with Crippen LogP contribution < -0.4 is 4.90 Å². The van der Waals surface area contributed by atoms with E-state index in [0.29, 0.717) is 13.8 Å². The number of aromatic nitrogens is 1. The summed E-state index contributed by atoms with van der Waals surface area (Å²) in [6, 6.07) is 25.3. The Morgan fingerprint density at radius 3 is 1.35 bits per heavy atom. The van der Waals surface area contributed by atoms with Gasteiger partial charge in [0.25, 0.3) is 0 Å². The fourth-order valence-corrected chi connectivity index (χ4v) is 3.71. The summed E-state index contributed by atoms with van der Waals surface area (Å²) in [4.78, 5) is 11.2. The zero-order valence-electron chi connectivity index (χ0n) is 24.5. The average molecular weight is 557 g/mol. The van der Waals surface area contributed by atoms with Gasteiger partial charge in [-0.05, 0) is 85.3 Å². The lowest BCUT2D eigenvalue weighted by Crippen LogP contribution is -2.11. The van der Waals surface area contributed by atoms with Crippen molar-refractivity contribution in [1.29, 1.82) is 0 Å². The van der Waals surface area contributed by atoms with Gasteiger partial charge >= 0.3 is 0 Å². The van der Waals surface area contributed by atoms with Crippen molar-refractivity contribution >= 4 is 33.2 Å². The number of benzene rings is 3. The minimum Gasteiger partial charge on any atom is -0.344 e. The molecule has 0 radical (unpaired) electrons. The lowest BCUT2D eigenvalue weighted by Gasteiger charge is -2.23. The van der Waals surface area contributed by atoms with Crippen LogP contribution in [0.2, 0.25) is 0 Å². The van der Waals surface area contributed by atoms with E-state index in [2.05, 4.69) is 89.3 Å². The molecule has 0 amide bonds. The highest BCUT2D eigenvalue weighted by Crippen LogP contribution is 2.36. The van der Waals surface area contributed by atoms with Gasteiger partial charge < -0.3 is 14.7 Å². The highest BCUT2D eigenvalue weighted by atomic mass is 15.1. The first-order valence-electron chi connectivity index (χ1n) is 13.7. The lowest BCUT2D eigenvalue weighted by atomic mass is 10.1. The van der Waals surface area contributed by atoms with Crippen LogP contribution in [0.4, 0.5) is 11.4 Å². The van der Waals surface area contributed by atoms with Crippen LogP contribution in [-0.2, 0) is 0 Å². The molecule has 1 aromatic heterocycles. The topological polar surface area (TPSA) is 22.6 Å². The van der Waals surface area contributed by atoms with Gasteiger partial charge in [0.15, 0.2) is 0 Å². The van der Waals surface area contributed by atoms with E-state index in [9.17, 15) is 0 Å². The smallest absolute Gasteiger partial charge is 0.0730 e. The zero-order valence-corrected chi connectivity index (χ0v) is 22.5. The van der Waals surface area contributed by atoms with Crippen LogP contribution in [0.25, 0.3) is 21.8 Å². The normalized spacial score (nSPS) is 10.0. The largest absolute Gasteiger partial charge is 0.344 e. The van der Waals surface area contributed by atoms with Crippen molar-refractivity contribution in [2.45, 2.75) is 70.7 Å². The second kappa shape index (κ2) is 22.8. The van der Waals surface area contributed by atoms with Gasteiger partial charge in [-0.2, -0.15) is 0 Å². The van der Waals surface area contributed by atoms with Crippen LogP contribution in [0.3, 0.4) is 0 Å². The maximum absolute atomic E-state index is 6.77. The number of para-hydroxylation sites is 2. The molecule has 4 nitrogen and oxygen atoms in total. The standard InChI is InChI=1S/C21H18N2.2C5H13N.5CH4/c1-15-11-13-16(14-12-15)23(2)21-17-7-3-5-9-19(17)22-20-10-6-4-8-18(20)21;2*1-4-5-6(2)3;;;;;/h3-14H,1-2H3;2*4-5H2,1-3H3;5*1H4/i;2*1T;;;;;. The number of hydrogen-bond acceptors (Lipinski definition) is 4. The summed E-state index contributed by atoms with van der Waals surface area (Å²) in [7, 11) is 10.2. The molecule has 0 saturated heterocycles. The van der Waals surface area contributed by atoms with Gasteiger partial charge in [0.1, 0.15) is 0 Å². The fourth-order valence-electron chi connectivity index (χ4n) is 3.71. The molecule has 228 valence electrons. The highest BCUT2D eigenvalue weighted by molar-refractivity contribution is 6.09. The summed E-state index contributed by atoms with van der Waals surface area (Å²) in [5.41, 5.74) is 5.71. The Balaban J connectivity index is -0.000000325. The van der Waals surface area contributed by atoms with Gasteiger partial charge in [-0.25, -0.2) is 4.98 Å². The summed E-state index contributed by atoms with van der Waals surface area (Å²) in [6.45, 7) is 5.31. The molecule has 0 fully saturated rings. The second-order valence-electron chi connectivity index (χ2n) is 9.20. The van der Waals surface area contributed by atoms with Crippen LogP contribution in [0.15, 0.2) is 72.8 Å². The van der Waals surface area contributed by atoms with E-state index in [1.54, 1.807) is 0 Å². The molecule has 40 heavy (non-hydrogen) atoms. The predicted octanol–water partition coefficient (Wildman–Crippen LogP) is 10.6. The number of fused-ring (bicyclic) bond motifs is 2. The number of anilines is 2. The molecule has 0 bridgehead atoms. The minimum absolute atomic E-state index is 0. The van der Waals surface area contributed by atoms with Crippen molar-refractivity contribution in [2.75, 3.05) is 53.2 Å². The maximum atomic E-state index is 6.77. The van der Waals surface area contributed by atoms with Crippen molar-refractivity contribution in [1.82, 2.24) is 14.8 Å².